The molecule has 2 aromatic carbocycles. The number of anilines is 1. The van der Waals surface area contributed by atoms with Gasteiger partial charge in [0.1, 0.15) is 12.4 Å². The van der Waals surface area contributed by atoms with Crippen LogP contribution in [0.5, 0.6) is 0 Å². The van der Waals surface area contributed by atoms with E-state index in [9.17, 15) is 14.0 Å². The Kier molecular flexibility index (Phi) is 7.47. The van der Waals surface area contributed by atoms with Crippen molar-refractivity contribution in [1.29, 1.82) is 0 Å². The van der Waals surface area contributed by atoms with E-state index in [1.165, 1.54) is 12.1 Å². The first-order chi connectivity index (χ1) is 16.5. The first-order valence-corrected chi connectivity index (χ1v) is 11.5. The summed E-state index contributed by atoms with van der Waals surface area (Å²) in [5, 5.41) is 8.66. The minimum absolute atomic E-state index is 0.0503. The molecule has 0 atom stereocenters. The molecule has 1 fully saturated rings. The van der Waals surface area contributed by atoms with Gasteiger partial charge in [0.05, 0.1) is 5.69 Å². The minimum atomic E-state index is -0.288. The number of aromatic nitrogens is 2. The van der Waals surface area contributed by atoms with Gasteiger partial charge >= 0.3 is 0 Å². The van der Waals surface area contributed by atoms with Gasteiger partial charge in [-0.3, -0.25) is 9.59 Å². The largest absolute Gasteiger partial charge is 0.353 e. The summed E-state index contributed by atoms with van der Waals surface area (Å²) in [5.74, 6) is 0.272. The predicted molar refractivity (Wildman–Crippen MR) is 129 cm³/mol. The molecule has 2 amide bonds. The smallest absolute Gasteiger partial charge is 0.254 e. The molecule has 34 heavy (non-hydrogen) atoms. The summed E-state index contributed by atoms with van der Waals surface area (Å²) in [5.41, 5.74) is 2.07. The molecule has 1 aliphatic rings. The zero-order chi connectivity index (χ0) is 23.9. The Morgan fingerprint density at radius 3 is 2.35 bits per heavy atom. The molecule has 0 saturated carbocycles. The Bertz CT molecular complexity index is 1110. The van der Waals surface area contributed by atoms with Crippen molar-refractivity contribution in [2.75, 3.05) is 44.2 Å². The average molecular weight is 462 g/mol. The Hall–Kier alpha value is -3.81. The molecule has 0 N–H and O–H groups in total. The van der Waals surface area contributed by atoms with Crippen LogP contribution in [0.1, 0.15) is 23.7 Å². The predicted octanol–water partition coefficient (Wildman–Crippen LogP) is 3.48. The van der Waals surface area contributed by atoms with Crippen molar-refractivity contribution in [3.63, 3.8) is 0 Å². The van der Waals surface area contributed by atoms with Gasteiger partial charge in [-0.25, -0.2) is 4.39 Å². The summed E-state index contributed by atoms with van der Waals surface area (Å²) in [7, 11) is 0. The van der Waals surface area contributed by atoms with Gasteiger partial charge in [0, 0.05) is 43.9 Å². The fourth-order valence-electron chi connectivity index (χ4n) is 4.02. The lowest BCUT2D eigenvalue weighted by Gasteiger charge is -2.26. The second-order valence-corrected chi connectivity index (χ2v) is 8.19. The molecule has 1 saturated heterocycles. The van der Waals surface area contributed by atoms with Crippen LogP contribution < -0.4 is 4.90 Å². The Labute approximate surface area is 198 Å². The number of carbonyl (C=O) groups excluding carboxylic acids is 2. The third-order valence-corrected chi connectivity index (χ3v) is 5.98. The first kappa shape index (κ1) is 23.4. The molecule has 176 valence electrons. The molecule has 0 spiro atoms. The van der Waals surface area contributed by atoms with Crippen molar-refractivity contribution >= 4 is 17.6 Å². The van der Waals surface area contributed by atoms with Crippen molar-refractivity contribution in [2.45, 2.75) is 13.3 Å². The molecule has 2 heterocycles. The molecular weight excluding hydrogens is 433 g/mol. The van der Waals surface area contributed by atoms with E-state index in [4.69, 9.17) is 0 Å². The van der Waals surface area contributed by atoms with Crippen molar-refractivity contribution in [3.05, 3.63) is 78.1 Å². The first-order valence-electron chi connectivity index (χ1n) is 11.5. The molecule has 0 bridgehead atoms. The number of nitrogens with zero attached hydrogens (tertiary/aromatic N) is 5. The third-order valence-electron chi connectivity index (χ3n) is 5.98. The minimum Gasteiger partial charge on any atom is -0.353 e. The fourth-order valence-corrected chi connectivity index (χ4v) is 4.02. The molecule has 3 aromatic rings. The van der Waals surface area contributed by atoms with Gasteiger partial charge < -0.3 is 14.7 Å². The van der Waals surface area contributed by atoms with Crippen molar-refractivity contribution < 1.29 is 14.0 Å². The van der Waals surface area contributed by atoms with Crippen molar-refractivity contribution in [1.82, 2.24) is 20.0 Å². The lowest BCUT2D eigenvalue weighted by molar-refractivity contribution is -0.131. The van der Waals surface area contributed by atoms with E-state index in [1.54, 1.807) is 29.2 Å². The second-order valence-electron chi connectivity index (χ2n) is 8.19. The zero-order valence-electron chi connectivity index (χ0n) is 19.2. The molecule has 0 radical (unpaired) electrons. The highest BCUT2D eigenvalue weighted by atomic mass is 19.1. The zero-order valence-corrected chi connectivity index (χ0v) is 19.2. The van der Waals surface area contributed by atoms with E-state index in [0.29, 0.717) is 37.4 Å². The lowest BCUT2D eigenvalue weighted by Crippen LogP contribution is -2.44. The molecule has 8 heteroatoms. The number of halogens is 1. The summed E-state index contributed by atoms with van der Waals surface area (Å²) in [4.78, 5) is 31.3. The lowest BCUT2D eigenvalue weighted by atomic mass is 10.1. The maximum atomic E-state index is 13.2. The van der Waals surface area contributed by atoms with Crippen molar-refractivity contribution in [3.8, 4) is 11.3 Å². The van der Waals surface area contributed by atoms with E-state index in [-0.39, 0.29) is 24.2 Å². The average Bonchev–Trinajstić information content (AvgIpc) is 3.14. The van der Waals surface area contributed by atoms with Crippen LogP contribution in [0.15, 0.2) is 66.7 Å². The van der Waals surface area contributed by atoms with E-state index < -0.39 is 0 Å². The second kappa shape index (κ2) is 10.9. The Morgan fingerprint density at radius 1 is 0.912 bits per heavy atom. The maximum absolute atomic E-state index is 13.2. The van der Waals surface area contributed by atoms with E-state index in [2.05, 4.69) is 15.1 Å². The summed E-state index contributed by atoms with van der Waals surface area (Å²) >= 11 is 0. The van der Waals surface area contributed by atoms with E-state index in [1.807, 2.05) is 42.2 Å². The highest BCUT2D eigenvalue weighted by Gasteiger charge is 2.24. The van der Waals surface area contributed by atoms with Gasteiger partial charge in [-0.15, -0.1) is 10.2 Å². The molecule has 4 rings (SSSR count). The topological polar surface area (TPSA) is 69.6 Å². The highest BCUT2D eigenvalue weighted by Crippen LogP contribution is 2.20. The standard InChI is InChI=1S/C26H28FN5O2/c1-2-30(26(34)21-7-4-3-5-8-21)19-25(33)32-16-6-15-31(17-18-32)24-14-13-23(28-29-24)20-9-11-22(27)12-10-20/h3-5,7-14H,2,6,15-19H2,1H3. The van der Waals surface area contributed by atoms with Crippen LogP contribution >= 0.6 is 0 Å². The Balaban J connectivity index is 1.35. The molecule has 0 aliphatic carbocycles. The molecule has 1 aliphatic heterocycles. The normalized spacial score (nSPS) is 13.9. The SMILES string of the molecule is CCN(CC(=O)N1CCCN(c2ccc(-c3ccc(F)cc3)nn2)CC1)C(=O)c1ccccc1. The van der Waals surface area contributed by atoms with Gasteiger partial charge in [0.2, 0.25) is 5.91 Å². The molecule has 1 aromatic heterocycles. The quantitative estimate of drug-likeness (QED) is 0.562. The number of amides is 2. The maximum Gasteiger partial charge on any atom is 0.254 e. The molecule has 7 nitrogen and oxygen atoms in total. The third kappa shape index (κ3) is 5.57. The summed E-state index contributed by atoms with van der Waals surface area (Å²) < 4.78 is 13.2. The number of hydrogen-bond donors (Lipinski definition) is 0. The van der Waals surface area contributed by atoms with E-state index in [0.717, 1.165) is 24.3 Å². The van der Waals surface area contributed by atoms with Crippen LogP contribution in [-0.4, -0.2) is 71.1 Å². The van der Waals surface area contributed by atoms with Crippen LogP contribution in [0.3, 0.4) is 0 Å². The van der Waals surface area contributed by atoms with Crippen LogP contribution in [0.4, 0.5) is 10.2 Å². The van der Waals surface area contributed by atoms with Gasteiger partial charge in [-0.05, 0) is 61.9 Å². The van der Waals surface area contributed by atoms with Crippen LogP contribution in [0, 0.1) is 5.82 Å². The van der Waals surface area contributed by atoms with E-state index >= 15 is 0 Å². The fraction of sp³-hybridized carbons (Fsp3) is 0.308. The van der Waals surface area contributed by atoms with Crippen LogP contribution in [0.25, 0.3) is 11.3 Å². The van der Waals surface area contributed by atoms with Crippen LogP contribution in [0.2, 0.25) is 0 Å². The van der Waals surface area contributed by atoms with Gasteiger partial charge in [0.15, 0.2) is 5.82 Å². The number of hydrogen-bond acceptors (Lipinski definition) is 5. The summed E-state index contributed by atoms with van der Waals surface area (Å²) in [6.45, 7) is 4.99. The van der Waals surface area contributed by atoms with Gasteiger partial charge in [-0.1, -0.05) is 18.2 Å². The summed E-state index contributed by atoms with van der Waals surface area (Å²) in [6, 6.07) is 19.0. The number of benzene rings is 2. The number of likely N-dealkylation sites (N-methyl/N-ethyl adjacent to an activating group) is 1. The number of carbonyl (C=O) groups is 2. The van der Waals surface area contributed by atoms with Crippen molar-refractivity contribution in [2.24, 2.45) is 0 Å². The molecule has 0 unspecified atom stereocenters. The Morgan fingerprint density at radius 2 is 1.68 bits per heavy atom. The monoisotopic (exact) mass is 461 g/mol. The van der Waals surface area contributed by atoms with Crippen LogP contribution in [-0.2, 0) is 4.79 Å². The highest BCUT2D eigenvalue weighted by molar-refractivity contribution is 5.96. The van der Waals surface area contributed by atoms with Gasteiger partial charge in [0.25, 0.3) is 5.91 Å². The summed E-state index contributed by atoms with van der Waals surface area (Å²) in [6.07, 6.45) is 0.798. The number of rotatable bonds is 6. The van der Waals surface area contributed by atoms with Gasteiger partial charge in [-0.2, -0.15) is 0 Å². The molecular formula is C26H28FN5O2.